The third-order valence-corrected chi connectivity index (χ3v) is 6.61. The Labute approximate surface area is 211 Å². The summed E-state index contributed by atoms with van der Waals surface area (Å²) in [5.74, 6) is 0.661. The molecule has 0 fully saturated rings. The summed E-state index contributed by atoms with van der Waals surface area (Å²) in [5.41, 5.74) is 7.14. The number of aromatic nitrogens is 4. The summed E-state index contributed by atoms with van der Waals surface area (Å²) < 4.78 is 27.2. The Balaban J connectivity index is 1.48. The summed E-state index contributed by atoms with van der Waals surface area (Å²) in [6.07, 6.45) is 0. The number of nitrogens with zero attached hydrogens (tertiary/aromatic N) is 3. The first kappa shape index (κ1) is 22.9. The fourth-order valence-electron chi connectivity index (χ4n) is 4.92. The molecule has 2 N–H and O–H groups in total. The number of ether oxygens (including phenoxy) is 1. The molecule has 0 radical (unpaired) electrons. The van der Waals surface area contributed by atoms with Crippen LogP contribution in [0.5, 0.6) is 5.75 Å². The SMILES string of the molecule is CNCc1nc2ccccc2n1Cc1ccc2c(c1)COc1cc(F)ccc1/C2=C(/C)c1noc(=O)[nH]1. The highest BCUT2D eigenvalue weighted by Gasteiger charge is 2.24. The van der Waals surface area contributed by atoms with Crippen molar-refractivity contribution in [3.05, 3.63) is 111 Å². The van der Waals surface area contributed by atoms with Gasteiger partial charge in [0.05, 0.1) is 17.6 Å². The topological polar surface area (TPSA) is 98.0 Å². The van der Waals surface area contributed by atoms with E-state index in [1.807, 2.05) is 38.2 Å². The maximum Gasteiger partial charge on any atom is 0.439 e. The molecule has 0 atom stereocenters. The van der Waals surface area contributed by atoms with Gasteiger partial charge in [-0.15, -0.1) is 0 Å². The van der Waals surface area contributed by atoms with Crippen molar-refractivity contribution in [1.29, 1.82) is 0 Å². The smallest absolute Gasteiger partial charge is 0.439 e. The summed E-state index contributed by atoms with van der Waals surface area (Å²) in [6.45, 7) is 3.38. The van der Waals surface area contributed by atoms with Crippen LogP contribution in [0.25, 0.3) is 22.2 Å². The van der Waals surface area contributed by atoms with Crippen LogP contribution in [0.1, 0.15) is 40.8 Å². The number of rotatable bonds is 5. The Kier molecular flexibility index (Phi) is 5.69. The van der Waals surface area contributed by atoms with Crippen molar-refractivity contribution < 1.29 is 13.7 Å². The van der Waals surface area contributed by atoms with E-state index in [-0.39, 0.29) is 12.4 Å². The third-order valence-electron chi connectivity index (χ3n) is 6.61. The lowest BCUT2D eigenvalue weighted by atomic mass is 9.89. The molecular formula is C28H24FN5O3. The Hall–Kier alpha value is -4.50. The number of allylic oxidation sites excluding steroid dienone is 1. The summed E-state index contributed by atoms with van der Waals surface area (Å²) in [5, 5.41) is 7.08. The number of imidazole rings is 1. The van der Waals surface area contributed by atoms with Crippen molar-refractivity contribution in [2.24, 2.45) is 0 Å². The molecule has 186 valence electrons. The molecule has 6 rings (SSSR count). The van der Waals surface area contributed by atoms with E-state index in [1.54, 1.807) is 6.07 Å². The first-order valence-corrected chi connectivity index (χ1v) is 11.9. The van der Waals surface area contributed by atoms with E-state index >= 15 is 0 Å². The van der Waals surface area contributed by atoms with Crippen LogP contribution in [0.4, 0.5) is 4.39 Å². The summed E-state index contributed by atoms with van der Waals surface area (Å²) >= 11 is 0. The number of hydrogen-bond donors (Lipinski definition) is 2. The Bertz CT molecular complexity index is 1730. The lowest BCUT2D eigenvalue weighted by Crippen LogP contribution is -2.13. The van der Waals surface area contributed by atoms with Gasteiger partial charge in [0, 0.05) is 23.7 Å². The molecule has 0 saturated carbocycles. The van der Waals surface area contributed by atoms with E-state index in [4.69, 9.17) is 14.2 Å². The average molecular weight is 498 g/mol. The van der Waals surface area contributed by atoms with Gasteiger partial charge in [-0.05, 0) is 66.6 Å². The second-order valence-corrected chi connectivity index (χ2v) is 9.00. The zero-order valence-electron chi connectivity index (χ0n) is 20.3. The van der Waals surface area contributed by atoms with Crippen molar-refractivity contribution >= 4 is 22.2 Å². The van der Waals surface area contributed by atoms with Crippen LogP contribution in [0, 0.1) is 5.82 Å². The van der Waals surface area contributed by atoms with Crippen molar-refractivity contribution in [1.82, 2.24) is 25.0 Å². The Morgan fingerprint density at radius 2 is 1.97 bits per heavy atom. The molecule has 0 aliphatic carbocycles. The minimum absolute atomic E-state index is 0.264. The number of hydrogen-bond acceptors (Lipinski definition) is 6. The first-order valence-electron chi connectivity index (χ1n) is 11.9. The van der Waals surface area contributed by atoms with Crippen LogP contribution in [0.3, 0.4) is 0 Å². The molecule has 0 unspecified atom stereocenters. The van der Waals surface area contributed by atoms with Crippen LogP contribution in [0.2, 0.25) is 0 Å². The fourth-order valence-corrected chi connectivity index (χ4v) is 4.92. The molecule has 9 heteroatoms. The number of nitrogens with one attached hydrogen (secondary N) is 2. The van der Waals surface area contributed by atoms with Gasteiger partial charge in [0.2, 0.25) is 0 Å². The van der Waals surface area contributed by atoms with Crippen LogP contribution < -0.4 is 15.8 Å². The van der Waals surface area contributed by atoms with E-state index in [9.17, 15) is 9.18 Å². The molecule has 3 heterocycles. The largest absolute Gasteiger partial charge is 0.488 e. The molecule has 5 aromatic rings. The van der Waals surface area contributed by atoms with Crippen LogP contribution in [-0.2, 0) is 19.7 Å². The summed E-state index contributed by atoms with van der Waals surface area (Å²) in [7, 11) is 1.90. The third kappa shape index (κ3) is 4.13. The van der Waals surface area contributed by atoms with Gasteiger partial charge in [0.15, 0.2) is 5.82 Å². The lowest BCUT2D eigenvalue weighted by molar-refractivity contribution is 0.305. The highest BCUT2D eigenvalue weighted by atomic mass is 19.1. The van der Waals surface area contributed by atoms with Gasteiger partial charge in [-0.2, -0.15) is 0 Å². The quantitative estimate of drug-likeness (QED) is 0.371. The van der Waals surface area contributed by atoms with Crippen molar-refractivity contribution in [2.75, 3.05) is 7.05 Å². The molecule has 1 aliphatic rings. The van der Waals surface area contributed by atoms with Crippen LogP contribution in [0.15, 0.2) is 70.0 Å². The highest BCUT2D eigenvalue weighted by Crippen LogP contribution is 2.41. The second-order valence-electron chi connectivity index (χ2n) is 9.00. The lowest BCUT2D eigenvalue weighted by Gasteiger charge is -2.15. The Morgan fingerprint density at radius 1 is 1.14 bits per heavy atom. The standard InChI is InChI=1S/C28H24FN5O3/c1-16(27-32-28(35)37-33-27)26-20-9-7-17(11-18(20)15-36-24-12-19(29)8-10-21(24)26)14-34-23-6-4-3-5-22(23)31-25(34)13-30-2/h3-12,30H,13-15H2,1-2H3,(H,32,33,35)/b26-16-. The number of benzene rings is 3. The molecule has 2 aromatic heterocycles. The van der Waals surface area contributed by atoms with Gasteiger partial charge in [-0.3, -0.25) is 9.51 Å². The van der Waals surface area contributed by atoms with Crippen LogP contribution in [-0.4, -0.2) is 26.7 Å². The number of fused-ring (bicyclic) bond motifs is 3. The molecule has 0 spiro atoms. The molecule has 37 heavy (non-hydrogen) atoms. The minimum Gasteiger partial charge on any atom is -0.488 e. The van der Waals surface area contributed by atoms with Crippen molar-refractivity contribution in [2.45, 2.75) is 26.6 Å². The molecule has 8 nitrogen and oxygen atoms in total. The average Bonchev–Trinajstić information content (AvgIpc) is 3.44. The minimum atomic E-state index is -0.639. The predicted molar refractivity (Wildman–Crippen MR) is 137 cm³/mol. The summed E-state index contributed by atoms with van der Waals surface area (Å²) in [6, 6.07) is 18.8. The molecule has 1 aliphatic heterocycles. The zero-order chi connectivity index (χ0) is 25.5. The number of para-hydroxylation sites is 2. The highest BCUT2D eigenvalue weighted by molar-refractivity contribution is 5.99. The number of aromatic amines is 1. The van der Waals surface area contributed by atoms with Gasteiger partial charge in [0.1, 0.15) is 24.0 Å². The van der Waals surface area contributed by atoms with E-state index in [2.05, 4.69) is 38.2 Å². The first-order chi connectivity index (χ1) is 18.0. The van der Waals surface area contributed by atoms with Crippen LogP contribution >= 0.6 is 0 Å². The van der Waals surface area contributed by atoms with Crippen molar-refractivity contribution in [3.63, 3.8) is 0 Å². The van der Waals surface area contributed by atoms with Gasteiger partial charge < -0.3 is 14.6 Å². The molecule has 0 saturated heterocycles. The monoisotopic (exact) mass is 497 g/mol. The maximum absolute atomic E-state index is 14.1. The van der Waals surface area contributed by atoms with E-state index < -0.39 is 5.76 Å². The fraction of sp³-hybridized carbons (Fsp3) is 0.179. The van der Waals surface area contributed by atoms with E-state index in [0.717, 1.165) is 39.1 Å². The second kappa shape index (κ2) is 9.18. The molecule has 0 bridgehead atoms. The zero-order valence-corrected chi connectivity index (χ0v) is 20.3. The normalized spacial score (nSPS) is 14.1. The summed E-state index contributed by atoms with van der Waals surface area (Å²) in [4.78, 5) is 19.1. The number of H-pyrrole nitrogens is 1. The van der Waals surface area contributed by atoms with Gasteiger partial charge >= 0.3 is 5.76 Å². The van der Waals surface area contributed by atoms with Gasteiger partial charge in [-0.1, -0.05) is 29.4 Å². The van der Waals surface area contributed by atoms with E-state index in [1.165, 1.54) is 12.1 Å². The molecular weight excluding hydrogens is 473 g/mol. The molecule has 0 amide bonds. The van der Waals surface area contributed by atoms with Gasteiger partial charge in [-0.25, -0.2) is 14.2 Å². The van der Waals surface area contributed by atoms with E-state index in [0.29, 0.717) is 35.8 Å². The Morgan fingerprint density at radius 3 is 2.78 bits per heavy atom. The predicted octanol–water partition coefficient (Wildman–Crippen LogP) is 4.49. The number of halogens is 1. The maximum atomic E-state index is 14.1. The van der Waals surface area contributed by atoms with Crippen molar-refractivity contribution in [3.8, 4) is 5.75 Å². The van der Waals surface area contributed by atoms with Gasteiger partial charge in [0.25, 0.3) is 0 Å². The molecule has 3 aromatic carbocycles.